The van der Waals surface area contributed by atoms with Crippen LogP contribution in [0.15, 0.2) is 66.2 Å². The molecule has 2 heterocycles. The molecule has 29 heavy (non-hydrogen) atoms. The zero-order valence-electron chi connectivity index (χ0n) is 17.1. The molecule has 5 nitrogen and oxygen atoms in total. The van der Waals surface area contributed by atoms with Gasteiger partial charge in [-0.15, -0.1) is 0 Å². The highest BCUT2D eigenvalue weighted by atomic mass is 19.1. The summed E-state index contributed by atoms with van der Waals surface area (Å²) in [6.45, 7) is 8.09. The maximum atomic E-state index is 13.1. The Morgan fingerprint density at radius 1 is 1.31 bits per heavy atom. The molecule has 2 aromatic rings. The Kier molecular flexibility index (Phi) is 6.32. The van der Waals surface area contributed by atoms with Gasteiger partial charge in [-0.2, -0.15) is 0 Å². The number of rotatable bonds is 6. The van der Waals surface area contributed by atoms with Gasteiger partial charge in [0.15, 0.2) is 0 Å². The van der Waals surface area contributed by atoms with Crippen molar-refractivity contribution in [3.63, 3.8) is 0 Å². The van der Waals surface area contributed by atoms with Crippen LogP contribution in [0.5, 0.6) is 0 Å². The van der Waals surface area contributed by atoms with Gasteiger partial charge in [-0.05, 0) is 61.7 Å². The number of aromatic nitrogens is 1. The van der Waals surface area contributed by atoms with E-state index in [4.69, 9.17) is 4.74 Å². The second-order valence-electron chi connectivity index (χ2n) is 7.28. The van der Waals surface area contributed by atoms with Crippen LogP contribution < -0.4 is 5.32 Å². The minimum atomic E-state index is -0.258. The first kappa shape index (κ1) is 20.6. The molecule has 2 unspecified atom stereocenters. The summed E-state index contributed by atoms with van der Waals surface area (Å²) in [5.41, 5.74) is 3.02. The number of hydrogen-bond acceptors (Lipinski definition) is 4. The van der Waals surface area contributed by atoms with Crippen molar-refractivity contribution < 1.29 is 13.9 Å². The van der Waals surface area contributed by atoms with Crippen LogP contribution in [-0.2, 0) is 16.1 Å². The molecule has 152 valence electrons. The van der Waals surface area contributed by atoms with E-state index >= 15 is 0 Å². The summed E-state index contributed by atoms with van der Waals surface area (Å²) in [5, 5.41) is 2.73. The monoisotopic (exact) mass is 395 g/mol. The maximum Gasteiger partial charge on any atom is 0.222 e. The van der Waals surface area contributed by atoms with E-state index < -0.39 is 0 Å². The zero-order valence-corrected chi connectivity index (χ0v) is 17.1. The van der Waals surface area contributed by atoms with Crippen molar-refractivity contribution in [2.45, 2.75) is 46.4 Å². The van der Waals surface area contributed by atoms with Crippen LogP contribution >= 0.6 is 0 Å². The molecule has 0 radical (unpaired) electrons. The van der Waals surface area contributed by atoms with Crippen molar-refractivity contribution in [1.29, 1.82) is 0 Å². The van der Waals surface area contributed by atoms with E-state index in [1.54, 1.807) is 18.3 Å². The van der Waals surface area contributed by atoms with Gasteiger partial charge >= 0.3 is 0 Å². The van der Waals surface area contributed by atoms with E-state index in [1.165, 1.54) is 19.1 Å². The standard InChI is InChI=1S/C23H26FN3O2/c1-15-11-16(2)27(13-22(15)29-14-19-5-7-21(24)8-6-19)17(3)20-9-10-25-23(12-20)26-18(4)28/h5-13,16-17H,14H2,1-4H3,(H,25,26,28). The third-order valence-corrected chi connectivity index (χ3v) is 4.94. The van der Waals surface area contributed by atoms with Gasteiger partial charge in [0.25, 0.3) is 0 Å². The fourth-order valence-electron chi connectivity index (χ4n) is 3.37. The summed E-state index contributed by atoms with van der Waals surface area (Å²) in [5.74, 6) is 0.917. The molecule has 2 atom stereocenters. The number of allylic oxidation sites excluding steroid dienone is 1. The van der Waals surface area contributed by atoms with Crippen LogP contribution in [0.3, 0.4) is 0 Å². The summed E-state index contributed by atoms with van der Waals surface area (Å²) in [4.78, 5) is 17.7. The molecule has 0 saturated carbocycles. The highest BCUT2D eigenvalue weighted by Crippen LogP contribution is 2.31. The number of anilines is 1. The van der Waals surface area contributed by atoms with Gasteiger partial charge in [0.05, 0.1) is 6.04 Å². The third kappa shape index (κ3) is 5.22. The molecule has 0 aliphatic carbocycles. The Balaban J connectivity index is 1.77. The number of carbonyl (C=O) groups is 1. The number of amides is 1. The number of hydrogen-bond donors (Lipinski definition) is 1. The summed E-state index contributed by atoms with van der Waals surface area (Å²) in [6, 6.07) is 10.4. The summed E-state index contributed by atoms with van der Waals surface area (Å²) in [7, 11) is 0. The van der Waals surface area contributed by atoms with E-state index in [-0.39, 0.29) is 23.8 Å². The zero-order chi connectivity index (χ0) is 21.0. The molecule has 3 rings (SSSR count). The molecule has 1 amide bonds. The SMILES string of the molecule is CC(=O)Nc1cc(C(C)N2C=C(OCc3ccc(F)cc3)C(C)=CC2C)ccn1. The Morgan fingerprint density at radius 2 is 2.03 bits per heavy atom. The largest absolute Gasteiger partial charge is 0.487 e. The molecular weight excluding hydrogens is 369 g/mol. The van der Waals surface area contributed by atoms with Crippen LogP contribution in [-0.4, -0.2) is 21.8 Å². The van der Waals surface area contributed by atoms with Crippen LogP contribution in [0.1, 0.15) is 44.9 Å². The third-order valence-electron chi connectivity index (χ3n) is 4.94. The van der Waals surface area contributed by atoms with Crippen molar-refractivity contribution in [1.82, 2.24) is 9.88 Å². The first-order chi connectivity index (χ1) is 13.8. The molecule has 0 fully saturated rings. The molecule has 1 aliphatic heterocycles. The first-order valence-electron chi connectivity index (χ1n) is 9.62. The molecule has 1 aromatic heterocycles. The second-order valence-corrected chi connectivity index (χ2v) is 7.28. The lowest BCUT2D eigenvalue weighted by molar-refractivity contribution is -0.114. The van der Waals surface area contributed by atoms with E-state index in [9.17, 15) is 9.18 Å². The number of ether oxygens (including phenoxy) is 1. The first-order valence-corrected chi connectivity index (χ1v) is 9.62. The highest BCUT2D eigenvalue weighted by molar-refractivity contribution is 5.87. The number of carbonyl (C=O) groups excluding carboxylic acids is 1. The van der Waals surface area contributed by atoms with E-state index in [1.807, 2.05) is 25.3 Å². The molecule has 0 bridgehead atoms. The Morgan fingerprint density at radius 3 is 2.72 bits per heavy atom. The van der Waals surface area contributed by atoms with Gasteiger partial charge in [-0.1, -0.05) is 18.2 Å². The minimum absolute atomic E-state index is 0.0503. The van der Waals surface area contributed by atoms with Crippen molar-refractivity contribution >= 4 is 11.7 Å². The Labute approximate surface area is 170 Å². The lowest BCUT2D eigenvalue weighted by Crippen LogP contribution is -2.32. The van der Waals surface area contributed by atoms with Crippen molar-refractivity contribution in [2.75, 3.05) is 5.32 Å². The average Bonchev–Trinajstić information content (AvgIpc) is 2.68. The quantitative estimate of drug-likeness (QED) is 0.752. The minimum Gasteiger partial charge on any atom is -0.487 e. The summed E-state index contributed by atoms with van der Waals surface area (Å²) >= 11 is 0. The molecule has 6 heteroatoms. The molecule has 0 spiro atoms. The van der Waals surface area contributed by atoms with Crippen molar-refractivity contribution in [3.8, 4) is 0 Å². The predicted octanol–water partition coefficient (Wildman–Crippen LogP) is 4.95. The Bertz CT molecular complexity index is 937. The fourth-order valence-corrected chi connectivity index (χ4v) is 3.37. The number of benzene rings is 1. The number of halogens is 1. The van der Waals surface area contributed by atoms with Gasteiger partial charge in [-0.25, -0.2) is 9.37 Å². The molecule has 1 N–H and O–H groups in total. The number of pyridine rings is 1. The number of nitrogens with one attached hydrogen (secondary N) is 1. The van der Waals surface area contributed by atoms with Crippen LogP contribution in [0.4, 0.5) is 10.2 Å². The van der Waals surface area contributed by atoms with Gasteiger partial charge < -0.3 is 15.0 Å². The molecule has 1 aliphatic rings. The van der Waals surface area contributed by atoms with E-state index in [0.717, 1.165) is 22.5 Å². The van der Waals surface area contributed by atoms with Crippen molar-refractivity contribution in [2.24, 2.45) is 0 Å². The van der Waals surface area contributed by atoms with Gasteiger partial charge in [0, 0.05) is 25.4 Å². The summed E-state index contributed by atoms with van der Waals surface area (Å²) in [6.07, 6.45) is 5.88. The normalized spacial score (nSPS) is 17.3. The lowest BCUT2D eigenvalue weighted by Gasteiger charge is -2.36. The van der Waals surface area contributed by atoms with Crippen molar-refractivity contribution in [3.05, 3.63) is 83.1 Å². The molecule has 1 aromatic carbocycles. The molecule has 0 saturated heterocycles. The summed E-state index contributed by atoms with van der Waals surface area (Å²) < 4.78 is 19.1. The van der Waals surface area contributed by atoms with E-state index in [0.29, 0.717) is 12.4 Å². The van der Waals surface area contributed by atoms with Gasteiger partial charge in [-0.3, -0.25) is 4.79 Å². The second kappa shape index (κ2) is 8.90. The predicted molar refractivity (Wildman–Crippen MR) is 111 cm³/mol. The van der Waals surface area contributed by atoms with Gasteiger partial charge in [0.2, 0.25) is 5.91 Å². The van der Waals surface area contributed by atoms with Crippen LogP contribution in [0.25, 0.3) is 0 Å². The fraction of sp³-hybridized carbons (Fsp3) is 0.304. The van der Waals surface area contributed by atoms with Gasteiger partial charge in [0.1, 0.15) is 24.0 Å². The Hall–Kier alpha value is -3.15. The highest BCUT2D eigenvalue weighted by Gasteiger charge is 2.23. The van der Waals surface area contributed by atoms with Crippen LogP contribution in [0.2, 0.25) is 0 Å². The smallest absolute Gasteiger partial charge is 0.222 e. The lowest BCUT2D eigenvalue weighted by atomic mass is 10.0. The molecular formula is C23H26FN3O2. The van der Waals surface area contributed by atoms with E-state index in [2.05, 4.69) is 35.1 Å². The van der Waals surface area contributed by atoms with Crippen LogP contribution in [0, 0.1) is 5.82 Å². The topological polar surface area (TPSA) is 54.5 Å². The average molecular weight is 395 g/mol. The maximum absolute atomic E-state index is 13.1. The number of nitrogens with zero attached hydrogens (tertiary/aromatic N) is 2.